The van der Waals surface area contributed by atoms with Crippen molar-refractivity contribution in [2.24, 2.45) is 0 Å². The van der Waals surface area contributed by atoms with Crippen LogP contribution in [0.5, 0.6) is 5.75 Å². The van der Waals surface area contributed by atoms with E-state index in [0.29, 0.717) is 24.0 Å². The van der Waals surface area contributed by atoms with Crippen LogP contribution in [0.15, 0.2) is 36.5 Å². The van der Waals surface area contributed by atoms with Crippen molar-refractivity contribution in [1.82, 2.24) is 19.7 Å². The van der Waals surface area contributed by atoms with Gasteiger partial charge in [0, 0.05) is 30.7 Å². The molecule has 1 saturated heterocycles. The van der Waals surface area contributed by atoms with E-state index in [1.165, 1.54) is 31.9 Å². The Hall–Kier alpha value is -3.67. The highest BCUT2D eigenvalue weighted by atomic mass is 19.4. The molecule has 9 nitrogen and oxygen atoms in total. The third-order valence-electron chi connectivity index (χ3n) is 5.41. The molecule has 0 saturated carbocycles. The fourth-order valence-electron chi connectivity index (χ4n) is 3.61. The Morgan fingerprint density at radius 1 is 1.21 bits per heavy atom. The number of fused-ring (bicyclic) bond motifs is 1. The Balaban J connectivity index is 1.54. The number of benzene rings is 1. The summed E-state index contributed by atoms with van der Waals surface area (Å²) in [5.41, 5.74) is -2.19. The standard InChI is InChI=1S/C22H22F3N5O4/c1-21(2,33)20(32)29-10-13(11-29)30-9-12-7-16(17(34-3)8-15(12)28-30)27-19(31)14-5-4-6-18(26-14)22(23,24)25/h4-9,13,33H,10-11H2,1-3H3,(H,27,31). The highest BCUT2D eigenvalue weighted by Gasteiger charge is 2.38. The van der Waals surface area contributed by atoms with Gasteiger partial charge in [0.15, 0.2) is 0 Å². The molecule has 1 aliphatic rings. The van der Waals surface area contributed by atoms with Gasteiger partial charge < -0.3 is 20.1 Å². The lowest BCUT2D eigenvalue weighted by Crippen LogP contribution is -2.56. The summed E-state index contributed by atoms with van der Waals surface area (Å²) >= 11 is 0. The summed E-state index contributed by atoms with van der Waals surface area (Å²) in [4.78, 5) is 29.6. The van der Waals surface area contributed by atoms with Gasteiger partial charge in [0.25, 0.3) is 11.8 Å². The van der Waals surface area contributed by atoms with Gasteiger partial charge >= 0.3 is 6.18 Å². The van der Waals surface area contributed by atoms with Gasteiger partial charge in [-0.3, -0.25) is 14.3 Å². The van der Waals surface area contributed by atoms with Crippen LogP contribution in [0.1, 0.15) is 36.1 Å². The number of alkyl halides is 3. The van der Waals surface area contributed by atoms with Gasteiger partial charge in [-0.15, -0.1) is 0 Å². The highest BCUT2D eigenvalue weighted by Crippen LogP contribution is 2.33. The molecule has 0 aliphatic carbocycles. The number of pyridine rings is 1. The maximum Gasteiger partial charge on any atom is 0.433 e. The Morgan fingerprint density at radius 2 is 1.91 bits per heavy atom. The number of halogens is 3. The number of likely N-dealkylation sites (tertiary alicyclic amines) is 1. The van der Waals surface area contributed by atoms with Gasteiger partial charge in [0.2, 0.25) is 0 Å². The first kappa shape index (κ1) is 23.5. The number of carbonyl (C=O) groups excluding carboxylic acids is 2. The van der Waals surface area contributed by atoms with Gasteiger partial charge in [-0.1, -0.05) is 6.07 Å². The van der Waals surface area contributed by atoms with Gasteiger partial charge in [0.05, 0.1) is 24.4 Å². The summed E-state index contributed by atoms with van der Waals surface area (Å²) in [7, 11) is 1.39. The molecule has 34 heavy (non-hydrogen) atoms. The van der Waals surface area contributed by atoms with Crippen molar-refractivity contribution in [2.75, 3.05) is 25.5 Å². The lowest BCUT2D eigenvalue weighted by atomic mass is 10.0. The smallest absolute Gasteiger partial charge is 0.433 e. The van der Waals surface area contributed by atoms with Crippen molar-refractivity contribution in [3.05, 3.63) is 47.9 Å². The molecule has 180 valence electrons. The van der Waals surface area contributed by atoms with Crippen LogP contribution in [0.25, 0.3) is 10.9 Å². The number of carbonyl (C=O) groups is 2. The number of methoxy groups -OCH3 is 1. The van der Waals surface area contributed by atoms with Crippen LogP contribution in [0, 0.1) is 0 Å². The normalized spacial score (nSPS) is 14.7. The van der Waals surface area contributed by atoms with E-state index in [-0.39, 0.29) is 23.4 Å². The SMILES string of the molecule is COc1cc2nn(C3CN(C(=O)C(C)(C)O)C3)cc2cc1NC(=O)c1cccc(C(F)(F)F)n1. The van der Waals surface area contributed by atoms with Crippen LogP contribution in [0.4, 0.5) is 18.9 Å². The predicted octanol–water partition coefficient (Wildman–Crippen LogP) is 2.87. The molecule has 0 spiro atoms. The number of hydrogen-bond donors (Lipinski definition) is 2. The number of anilines is 1. The Kier molecular flexibility index (Phi) is 5.72. The number of aromatic nitrogens is 3. The van der Waals surface area contributed by atoms with E-state index in [9.17, 15) is 27.9 Å². The van der Waals surface area contributed by atoms with Crippen LogP contribution < -0.4 is 10.1 Å². The quantitative estimate of drug-likeness (QED) is 0.585. The molecule has 1 aromatic carbocycles. The van der Waals surface area contributed by atoms with Crippen molar-refractivity contribution >= 4 is 28.4 Å². The minimum Gasteiger partial charge on any atom is -0.494 e. The van der Waals surface area contributed by atoms with Crippen LogP contribution in [0.3, 0.4) is 0 Å². The maximum absolute atomic E-state index is 12.9. The Labute approximate surface area is 192 Å². The van der Waals surface area contributed by atoms with Crippen LogP contribution >= 0.6 is 0 Å². The van der Waals surface area contributed by atoms with Gasteiger partial charge in [-0.2, -0.15) is 18.3 Å². The predicted molar refractivity (Wildman–Crippen MR) is 115 cm³/mol. The van der Waals surface area contributed by atoms with Crippen molar-refractivity contribution < 1.29 is 32.6 Å². The highest BCUT2D eigenvalue weighted by molar-refractivity contribution is 6.05. The number of amides is 2. The van der Waals surface area contributed by atoms with Crippen molar-refractivity contribution in [3.8, 4) is 5.75 Å². The molecule has 0 atom stereocenters. The van der Waals surface area contributed by atoms with E-state index in [1.54, 1.807) is 23.0 Å². The molecule has 0 radical (unpaired) electrons. The summed E-state index contributed by atoms with van der Waals surface area (Å²) in [5.74, 6) is -0.920. The molecular weight excluding hydrogens is 455 g/mol. The minimum absolute atomic E-state index is 0.0861. The van der Waals surface area contributed by atoms with E-state index >= 15 is 0 Å². The first-order valence-electron chi connectivity index (χ1n) is 10.3. The average molecular weight is 477 g/mol. The second-order valence-electron chi connectivity index (χ2n) is 8.50. The van der Waals surface area contributed by atoms with E-state index in [4.69, 9.17) is 4.74 Å². The zero-order chi connectivity index (χ0) is 24.8. The van der Waals surface area contributed by atoms with E-state index in [0.717, 1.165) is 12.1 Å². The second kappa shape index (κ2) is 8.28. The molecule has 2 aromatic heterocycles. The summed E-state index contributed by atoms with van der Waals surface area (Å²) in [6, 6.07) is 6.19. The number of nitrogens with one attached hydrogen (secondary N) is 1. The van der Waals surface area contributed by atoms with Crippen LogP contribution in [0.2, 0.25) is 0 Å². The number of nitrogens with zero attached hydrogens (tertiary/aromatic N) is 4. The molecule has 0 bridgehead atoms. The lowest BCUT2D eigenvalue weighted by Gasteiger charge is -2.41. The van der Waals surface area contributed by atoms with Gasteiger partial charge in [-0.25, -0.2) is 4.98 Å². The third kappa shape index (κ3) is 4.53. The first-order chi connectivity index (χ1) is 15.9. The maximum atomic E-state index is 12.9. The number of hydrogen-bond acceptors (Lipinski definition) is 6. The molecule has 12 heteroatoms. The average Bonchev–Trinajstić information content (AvgIpc) is 3.12. The monoisotopic (exact) mass is 477 g/mol. The molecule has 1 aliphatic heterocycles. The van der Waals surface area contributed by atoms with Crippen molar-refractivity contribution in [1.29, 1.82) is 0 Å². The van der Waals surface area contributed by atoms with Crippen LogP contribution in [-0.4, -0.2) is 62.4 Å². The molecule has 2 N–H and O–H groups in total. The number of rotatable bonds is 5. The number of ether oxygens (including phenoxy) is 1. The third-order valence-corrected chi connectivity index (χ3v) is 5.41. The topological polar surface area (TPSA) is 110 Å². The first-order valence-corrected chi connectivity index (χ1v) is 10.3. The fraction of sp³-hybridized carbons (Fsp3) is 0.364. The van der Waals surface area contributed by atoms with E-state index in [1.807, 2.05) is 0 Å². The molecule has 0 unspecified atom stereocenters. The Morgan fingerprint density at radius 3 is 2.53 bits per heavy atom. The molecular formula is C22H22F3N5O4. The van der Waals surface area contributed by atoms with Crippen molar-refractivity contribution in [2.45, 2.75) is 31.7 Å². The fourth-order valence-corrected chi connectivity index (χ4v) is 3.61. The second-order valence-corrected chi connectivity index (χ2v) is 8.50. The number of aliphatic hydroxyl groups is 1. The molecule has 3 aromatic rings. The molecule has 1 fully saturated rings. The Bertz CT molecular complexity index is 1260. The summed E-state index contributed by atoms with van der Waals surface area (Å²) < 4.78 is 45.8. The molecule has 3 heterocycles. The summed E-state index contributed by atoms with van der Waals surface area (Å²) in [5, 5.41) is 17.6. The minimum atomic E-state index is -4.67. The zero-order valence-electron chi connectivity index (χ0n) is 18.6. The van der Waals surface area contributed by atoms with E-state index < -0.39 is 29.1 Å². The van der Waals surface area contributed by atoms with E-state index in [2.05, 4.69) is 15.4 Å². The van der Waals surface area contributed by atoms with Gasteiger partial charge in [0.1, 0.15) is 22.7 Å². The largest absolute Gasteiger partial charge is 0.494 e. The summed E-state index contributed by atoms with van der Waals surface area (Å²) in [6.07, 6.45) is -2.93. The molecule has 2 amide bonds. The lowest BCUT2D eigenvalue weighted by molar-refractivity contribution is -0.154. The zero-order valence-corrected chi connectivity index (χ0v) is 18.6. The summed E-state index contributed by atoms with van der Waals surface area (Å²) in [6.45, 7) is 3.64. The molecule has 4 rings (SSSR count). The van der Waals surface area contributed by atoms with Gasteiger partial charge in [-0.05, 0) is 32.0 Å². The van der Waals surface area contributed by atoms with Crippen molar-refractivity contribution in [3.63, 3.8) is 0 Å². The van der Waals surface area contributed by atoms with Crippen LogP contribution in [-0.2, 0) is 11.0 Å².